The average Bonchev–Trinajstić information content (AvgIpc) is 2.04. The second-order valence-electron chi connectivity index (χ2n) is 3.18. The second-order valence-corrected chi connectivity index (χ2v) is 3.18. The van der Waals surface area contributed by atoms with E-state index in [1.807, 2.05) is 0 Å². The van der Waals surface area contributed by atoms with Crippen LogP contribution in [0.1, 0.15) is 26.7 Å². The zero-order valence-corrected chi connectivity index (χ0v) is 8.77. The fraction of sp³-hybridized carbons (Fsp3) is 0.889. The van der Waals surface area contributed by atoms with Gasteiger partial charge in [0.05, 0.1) is 0 Å². The minimum Gasteiger partial charge on any atom is -0.370 e. The Morgan fingerprint density at radius 3 is 2.15 bits per heavy atom. The van der Waals surface area contributed by atoms with Gasteiger partial charge >= 0.3 is 0 Å². The zero-order chi connectivity index (χ0) is 10.1. The molecule has 0 saturated carbocycles. The highest BCUT2D eigenvalue weighted by Gasteiger charge is 2.00. The predicted molar refractivity (Wildman–Crippen MR) is 56.9 cm³/mol. The van der Waals surface area contributed by atoms with Crippen molar-refractivity contribution in [3.8, 4) is 0 Å². The third-order valence-electron chi connectivity index (χ3n) is 1.82. The first-order valence-electron chi connectivity index (χ1n) is 5.01. The van der Waals surface area contributed by atoms with Gasteiger partial charge in [-0.25, -0.2) is 0 Å². The summed E-state index contributed by atoms with van der Waals surface area (Å²) >= 11 is 0. The van der Waals surface area contributed by atoms with Gasteiger partial charge in [0.25, 0.3) is 0 Å². The van der Waals surface area contributed by atoms with Crippen LogP contribution >= 0.6 is 0 Å². The summed E-state index contributed by atoms with van der Waals surface area (Å²) in [6, 6.07) is 0. The molecule has 4 nitrogen and oxygen atoms in total. The number of hydrogen-bond donors (Lipinski definition) is 3. The highest BCUT2D eigenvalue weighted by Crippen LogP contribution is 1.92. The summed E-state index contributed by atoms with van der Waals surface area (Å²) in [6.07, 6.45) is 2.36. The quantitative estimate of drug-likeness (QED) is 0.403. The molecule has 0 atom stereocenters. The van der Waals surface area contributed by atoms with E-state index in [9.17, 15) is 0 Å². The van der Waals surface area contributed by atoms with Gasteiger partial charge in [-0.1, -0.05) is 13.8 Å². The lowest BCUT2D eigenvalue weighted by Gasteiger charge is -2.20. The molecule has 13 heavy (non-hydrogen) atoms. The number of rotatable bonds is 7. The maximum Gasteiger partial charge on any atom is 0.185 e. The van der Waals surface area contributed by atoms with Crippen LogP contribution in [-0.2, 0) is 0 Å². The van der Waals surface area contributed by atoms with Crippen molar-refractivity contribution in [3.63, 3.8) is 0 Å². The summed E-state index contributed by atoms with van der Waals surface area (Å²) in [6.45, 7) is 8.37. The molecular formula is C9H22N4. The molecule has 0 aliphatic rings. The van der Waals surface area contributed by atoms with Gasteiger partial charge in [0.2, 0.25) is 0 Å². The van der Waals surface area contributed by atoms with Gasteiger partial charge < -0.3 is 16.0 Å². The van der Waals surface area contributed by atoms with Gasteiger partial charge in [-0.2, -0.15) is 0 Å². The molecule has 0 aromatic rings. The van der Waals surface area contributed by atoms with Crippen LogP contribution in [0.25, 0.3) is 0 Å². The number of hydrogen-bond acceptors (Lipinski definition) is 2. The van der Waals surface area contributed by atoms with Crippen molar-refractivity contribution in [2.24, 2.45) is 5.73 Å². The van der Waals surface area contributed by atoms with E-state index in [4.69, 9.17) is 11.1 Å². The predicted octanol–water partition coefficient (Wildman–Crippen LogP) is 0.591. The monoisotopic (exact) mass is 186 g/mol. The first-order valence-corrected chi connectivity index (χ1v) is 5.01. The number of nitrogens with one attached hydrogen (secondary N) is 2. The van der Waals surface area contributed by atoms with Crippen molar-refractivity contribution in [1.82, 2.24) is 10.2 Å². The Labute approximate surface area is 81.0 Å². The fourth-order valence-electron chi connectivity index (χ4n) is 1.32. The van der Waals surface area contributed by atoms with Crippen LogP contribution in [0.4, 0.5) is 0 Å². The van der Waals surface area contributed by atoms with Crippen molar-refractivity contribution in [3.05, 3.63) is 0 Å². The second kappa shape index (κ2) is 7.86. The van der Waals surface area contributed by atoms with Crippen LogP contribution in [-0.4, -0.2) is 37.0 Å². The average molecular weight is 186 g/mol. The fourth-order valence-corrected chi connectivity index (χ4v) is 1.32. The summed E-state index contributed by atoms with van der Waals surface area (Å²) in [4.78, 5) is 2.38. The highest BCUT2D eigenvalue weighted by molar-refractivity contribution is 5.74. The topological polar surface area (TPSA) is 65.1 Å². The molecule has 0 aromatic carbocycles. The first-order chi connectivity index (χ1) is 6.20. The van der Waals surface area contributed by atoms with Crippen molar-refractivity contribution < 1.29 is 0 Å². The van der Waals surface area contributed by atoms with Crippen LogP contribution < -0.4 is 11.1 Å². The van der Waals surface area contributed by atoms with Gasteiger partial charge in [0.15, 0.2) is 5.96 Å². The zero-order valence-electron chi connectivity index (χ0n) is 8.77. The van der Waals surface area contributed by atoms with Gasteiger partial charge in [-0.15, -0.1) is 0 Å². The summed E-state index contributed by atoms with van der Waals surface area (Å²) in [5.41, 5.74) is 5.18. The molecule has 78 valence electrons. The number of nitrogens with two attached hydrogens (primary N) is 1. The summed E-state index contributed by atoms with van der Waals surface area (Å²) < 4.78 is 0. The molecule has 0 fully saturated rings. The van der Waals surface area contributed by atoms with Gasteiger partial charge in [0, 0.05) is 13.1 Å². The number of nitrogens with zero attached hydrogens (tertiary/aromatic N) is 1. The van der Waals surface area contributed by atoms with Crippen molar-refractivity contribution in [2.75, 3.05) is 26.2 Å². The third-order valence-corrected chi connectivity index (χ3v) is 1.82. The Hall–Kier alpha value is -0.770. The Morgan fingerprint density at radius 1 is 1.23 bits per heavy atom. The molecule has 0 aliphatic heterocycles. The molecule has 0 spiro atoms. The molecule has 0 bridgehead atoms. The number of guanidine groups is 1. The molecule has 0 rings (SSSR count). The minimum absolute atomic E-state index is 0.0629. The van der Waals surface area contributed by atoms with Crippen LogP contribution in [0.2, 0.25) is 0 Å². The van der Waals surface area contributed by atoms with Crippen molar-refractivity contribution >= 4 is 5.96 Å². The summed E-state index contributed by atoms with van der Waals surface area (Å²) in [5, 5.41) is 9.80. The van der Waals surface area contributed by atoms with Gasteiger partial charge in [-0.3, -0.25) is 5.41 Å². The molecular weight excluding hydrogens is 164 g/mol. The Balaban J connectivity index is 3.49. The van der Waals surface area contributed by atoms with E-state index in [1.54, 1.807) is 0 Å². The van der Waals surface area contributed by atoms with E-state index in [2.05, 4.69) is 24.1 Å². The smallest absolute Gasteiger partial charge is 0.185 e. The van der Waals surface area contributed by atoms with E-state index >= 15 is 0 Å². The molecule has 0 aliphatic carbocycles. The molecule has 0 unspecified atom stereocenters. The summed E-state index contributed by atoms with van der Waals surface area (Å²) in [5.74, 6) is 0.0629. The van der Waals surface area contributed by atoms with Crippen LogP contribution in [0.15, 0.2) is 0 Å². The molecule has 0 heterocycles. The minimum atomic E-state index is 0.0629. The van der Waals surface area contributed by atoms with E-state index in [1.165, 1.54) is 12.8 Å². The molecule has 4 heteroatoms. The lowest BCUT2D eigenvalue weighted by molar-refractivity contribution is 0.279. The van der Waals surface area contributed by atoms with E-state index in [-0.39, 0.29) is 5.96 Å². The Morgan fingerprint density at radius 2 is 1.77 bits per heavy atom. The van der Waals surface area contributed by atoms with E-state index in [0.717, 1.165) is 26.2 Å². The van der Waals surface area contributed by atoms with Crippen LogP contribution in [0, 0.1) is 5.41 Å². The highest BCUT2D eigenvalue weighted by atomic mass is 15.1. The van der Waals surface area contributed by atoms with Gasteiger partial charge in [-0.05, 0) is 25.9 Å². The first kappa shape index (κ1) is 12.2. The van der Waals surface area contributed by atoms with Crippen LogP contribution in [0.5, 0.6) is 0 Å². The lowest BCUT2D eigenvalue weighted by Crippen LogP contribution is -2.38. The maximum absolute atomic E-state index is 6.99. The van der Waals surface area contributed by atoms with Crippen LogP contribution in [0.3, 0.4) is 0 Å². The van der Waals surface area contributed by atoms with Gasteiger partial charge in [0.1, 0.15) is 0 Å². The van der Waals surface area contributed by atoms with Crippen molar-refractivity contribution in [1.29, 1.82) is 5.41 Å². The largest absolute Gasteiger partial charge is 0.370 e. The summed E-state index contributed by atoms with van der Waals surface area (Å²) in [7, 11) is 0. The maximum atomic E-state index is 6.99. The standard InChI is InChI=1S/C9H22N4/c1-3-6-13(7-4-2)8-5-12-9(10)11/h3-8H2,1-2H3,(H4,10,11,12). The van der Waals surface area contributed by atoms with E-state index < -0.39 is 0 Å². The molecule has 4 N–H and O–H groups in total. The Kier molecular flexibility index (Phi) is 7.39. The molecule has 0 aromatic heterocycles. The molecule has 0 saturated heterocycles. The molecule has 0 radical (unpaired) electrons. The third kappa shape index (κ3) is 7.59. The SMILES string of the molecule is CCCN(CCC)CCNC(=N)N. The molecule has 0 amide bonds. The lowest BCUT2D eigenvalue weighted by atomic mass is 10.3. The normalized spacial score (nSPS) is 10.4. The Bertz CT molecular complexity index is 130. The van der Waals surface area contributed by atoms with Crippen molar-refractivity contribution in [2.45, 2.75) is 26.7 Å². The van der Waals surface area contributed by atoms with E-state index in [0.29, 0.717) is 0 Å².